The number of pyridine rings is 3. The van der Waals surface area contributed by atoms with E-state index >= 15 is 0 Å². The monoisotopic (exact) mass is 920 g/mol. The molecule has 0 saturated carbocycles. The van der Waals surface area contributed by atoms with Gasteiger partial charge < -0.3 is 0 Å². The Morgan fingerprint density at radius 3 is 1.40 bits per heavy atom. The van der Waals surface area contributed by atoms with Crippen LogP contribution >= 0.6 is 11.6 Å². The van der Waals surface area contributed by atoms with E-state index in [-0.39, 0.29) is 36.8 Å². The molecule has 0 spiro atoms. The third kappa shape index (κ3) is 24.2. The van der Waals surface area contributed by atoms with Crippen LogP contribution in [0.4, 0.5) is 22.0 Å². The molecule has 0 radical (unpaired) electrons. The number of hydrogen-bond acceptors (Lipinski definition) is 3. The van der Waals surface area contributed by atoms with Gasteiger partial charge in [0.2, 0.25) is 0 Å². The zero-order valence-corrected chi connectivity index (χ0v) is 41.4. The van der Waals surface area contributed by atoms with Crippen molar-refractivity contribution in [3.05, 3.63) is 194 Å². The fraction of sp³-hybridized carbons (Fsp3) is 0.411. The van der Waals surface area contributed by atoms with E-state index in [1.165, 1.54) is 28.8 Å². The normalized spacial score (nSPS) is 10.6. The zero-order chi connectivity index (χ0) is 48.7. The summed E-state index contributed by atoms with van der Waals surface area (Å²) in [4.78, 5) is 11.7. The van der Waals surface area contributed by atoms with Crippen LogP contribution in [-0.4, -0.2) is 15.0 Å². The van der Waals surface area contributed by atoms with Gasteiger partial charge in [0.25, 0.3) is 0 Å². The van der Waals surface area contributed by atoms with E-state index in [0.717, 1.165) is 28.5 Å². The van der Waals surface area contributed by atoms with Crippen LogP contribution in [0.2, 0.25) is 5.02 Å². The molecule has 0 saturated heterocycles. The maximum absolute atomic E-state index is 13.1. The van der Waals surface area contributed by atoms with Crippen LogP contribution in [0.15, 0.2) is 122 Å². The lowest BCUT2D eigenvalue weighted by Crippen LogP contribution is -2.09. The SMILES string of the molecule is C.CC(C)c1ccc(Cl)cn1.CC(C)c1cccc(C(F)(F)F)n1.CC(C)c1ccccc1.Cc1ccc(C(C)C)c(F)c1.Cc1ccc(C(C)C)cc1.Cc1cnc(C(C)C)c(F)c1. The zero-order valence-electron chi connectivity index (χ0n) is 40.6. The van der Waals surface area contributed by atoms with E-state index in [1.807, 2.05) is 85.7 Å². The molecule has 3 nitrogen and oxygen atoms in total. The van der Waals surface area contributed by atoms with Crippen LogP contribution in [-0.2, 0) is 6.18 Å². The van der Waals surface area contributed by atoms with Gasteiger partial charge in [-0.15, -0.1) is 0 Å². The summed E-state index contributed by atoms with van der Waals surface area (Å²) in [7, 11) is 0. The first-order valence-corrected chi connectivity index (χ1v) is 22.4. The van der Waals surface area contributed by atoms with Gasteiger partial charge in [-0.25, -0.2) is 13.8 Å². The van der Waals surface area contributed by atoms with Gasteiger partial charge in [0.05, 0.1) is 10.7 Å². The predicted octanol–water partition coefficient (Wildman–Crippen LogP) is 18.6. The molecule has 0 atom stereocenters. The first-order chi connectivity index (χ1) is 29.8. The molecule has 9 heteroatoms. The summed E-state index contributed by atoms with van der Waals surface area (Å²) in [6.45, 7) is 30.4. The molecular weight excluding hydrogens is 845 g/mol. The average Bonchev–Trinajstić information content (AvgIpc) is 3.22. The summed E-state index contributed by atoms with van der Waals surface area (Å²) in [5.74, 6) is 1.97. The molecule has 6 aromatic rings. The number of aromatic nitrogens is 3. The molecule has 3 aromatic heterocycles. The number of alkyl halides is 3. The van der Waals surface area contributed by atoms with Crippen LogP contribution in [0.5, 0.6) is 0 Å². The van der Waals surface area contributed by atoms with Gasteiger partial charge in [-0.3, -0.25) is 9.97 Å². The maximum atomic E-state index is 13.1. The lowest BCUT2D eigenvalue weighted by atomic mass is 10.0. The van der Waals surface area contributed by atoms with E-state index in [2.05, 4.69) is 112 Å². The summed E-state index contributed by atoms with van der Waals surface area (Å²) < 4.78 is 62.6. The maximum Gasteiger partial charge on any atom is 0.433 e. The molecule has 0 N–H and O–H groups in total. The number of aryl methyl sites for hydroxylation is 3. The molecule has 3 aromatic carbocycles. The lowest BCUT2D eigenvalue weighted by molar-refractivity contribution is -0.141. The van der Waals surface area contributed by atoms with E-state index in [1.54, 1.807) is 24.5 Å². The second kappa shape index (κ2) is 30.3. The molecule has 0 amide bonds. The minimum Gasteiger partial charge on any atom is -0.259 e. The van der Waals surface area contributed by atoms with Gasteiger partial charge in [0.15, 0.2) is 0 Å². The van der Waals surface area contributed by atoms with Crippen molar-refractivity contribution in [1.82, 2.24) is 15.0 Å². The molecule has 0 aliphatic heterocycles. The van der Waals surface area contributed by atoms with Crippen molar-refractivity contribution in [3.8, 4) is 0 Å². The van der Waals surface area contributed by atoms with Gasteiger partial charge >= 0.3 is 6.18 Å². The molecule has 0 bridgehead atoms. The number of rotatable bonds is 6. The Morgan fingerprint density at radius 1 is 0.462 bits per heavy atom. The molecule has 0 aliphatic rings. The smallest absolute Gasteiger partial charge is 0.259 e. The van der Waals surface area contributed by atoms with Crippen LogP contribution in [0.25, 0.3) is 0 Å². The molecule has 6 rings (SSSR count). The quantitative estimate of drug-likeness (QED) is 0.156. The Balaban J connectivity index is 0.000000756. The Kier molecular flexibility index (Phi) is 28.0. The van der Waals surface area contributed by atoms with Crippen LogP contribution in [0.1, 0.15) is 182 Å². The minimum absolute atomic E-state index is 0. The van der Waals surface area contributed by atoms with Crippen LogP contribution < -0.4 is 0 Å². The third-order valence-corrected chi connectivity index (χ3v) is 9.76. The van der Waals surface area contributed by atoms with E-state index in [0.29, 0.717) is 34.2 Å². The average molecular weight is 921 g/mol. The summed E-state index contributed by atoms with van der Waals surface area (Å²) >= 11 is 5.65. The molecule has 0 fully saturated rings. The largest absolute Gasteiger partial charge is 0.433 e. The lowest BCUT2D eigenvalue weighted by Gasteiger charge is -2.09. The highest BCUT2D eigenvalue weighted by atomic mass is 35.5. The van der Waals surface area contributed by atoms with Crippen molar-refractivity contribution in [1.29, 1.82) is 0 Å². The fourth-order valence-electron chi connectivity index (χ4n) is 5.52. The highest BCUT2D eigenvalue weighted by molar-refractivity contribution is 6.30. The number of benzene rings is 3. The minimum atomic E-state index is -4.34. The molecule has 0 unspecified atom stereocenters. The first-order valence-electron chi connectivity index (χ1n) is 22.0. The number of halogens is 6. The summed E-state index contributed by atoms with van der Waals surface area (Å²) in [5.41, 5.74) is 8.11. The Labute approximate surface area is 394 Å². The van der Waals surface area contributed by atoms with Crippen molar-refractivity contribution in [2.75, 3.05) is 0 Å². The Hall–Kier alpha value is -4.95. The predicted molar refractivity (Wildman–Crippen MR) is 267 cm³/mol. The molecular formula is C56H75ClF5N3. The van der Waals surface area contributed by atoms with E-state index < -0.39 is 11.9 Å². The molecule has 356 valence electrons. The van der Waals surface area contributed by atoms with Crippen LogP contribution in [0.3, 0.4) is 0 Å². The second-order valence-corrected chi connectivity index (χ2v) is 17.9. The topological polar surface area (TPSA) is 38.7 Å². The van der Waals surface area contributed by atoms with Crippen molar-refractivity contribution >= 4 is 11.6 Å². The second-order valence-electron chi connectivity index (χ2n) is 17.5. The number of nitrogens with zero attached hydrogens (tertiary/aromatic N) is 3. The van der Waals surface area contributed by atoms with Gasteiger partial charge in [-0.05, 0) is 120 Å². The van der Waals surface area contributed by atoms with E-state index in [9.17, 15) is 22.0 Å². The van der Waals surface area contributed by atoms with Gasteiger partial charge in [0, 0.05) is 23.8 Å². The van der Waals surface area contributed by atoms with Gasteiger partial charge in [-0.1, -0.05) is 180 Å². The van der Waals surface area contributed by atoms with Crippen molar-refractivity contribution < 1.29 is 22.0 Å². The third-order valence-electron chi connectivity index (χ3n) is 9.54. The van der Waals surface area contributed by atoms with Gasteiger partial charge in [0.1, 0.15) is 17.3 Å². The van der Waals surface area contributed by atoms with Crippen LogP contribution in [0, 0.1) is 32.4 Å². The first kappa shape index (κ1) is 60.1. The van der Waals surface area contributed by atoms with Gasteiger partial charge in [-0.2, -0.15) is 13.2 Å². The highest BCUT2D eigenvalue weighted by Gasteiger charge is 2.32. The van der Waals surface area contributed by atoms with E-state index in [4.69, 9.17) is 11.6 Å². The Bertz CT molecular complexity index is 2080. The highest BCUT2D eigenvalue weighted by Crippen LogP contribution is 2.28. The number of hydrogen-bond donors (Lipinski definition) is 0. The molecule has 65 heavy (non-hydrogen) atoms. The summed E-state index contributed by atoms with van der Waals surface area (Å²) in [6, 6.07) is 33.9. The standard InChI is InChI=1S/C10H13F.C10H14.C9H10F3N.C9H12FN.C9H12.C8H10ClN.CH4/c1-7(2)9-5-4-8(3)6-10(9)11;1-8(2)10-6-4-9(3)5-7-10;1-6(2)7-4-3-5-8(13-7)9(10,11)12;1-6(2)9-8(10)4-7(3)5-11-9;1-8(2)9-6-4-3-5-7-9;1-6(2)8-4-3-7(9)5-10-8;/h4-7H,1-3H3;4-8H,1-3H3;3-6H,1-2H3;4-6H,1-3H3;3-8H,1-2H3;3-6H,1-2H3;1H4. The Morgan fingerprint density at radius 2 is 0.985 bits per heavy atom. The molecule has 3 heterocycles. The fourth-order valence-corrected chi connectivity index (χ4v) is 5.63. The summed E-state index contributed by atoms with van der Waals surface area (Å²) in [5, 5.41) is 0.699. The summed E-state index contributed by atoms with van der Waals surface area (Å²) in [6.07, 6.45) is -0.972. The van der Waals surface area contributed by atoms with Crippen molar-refractivity contribution in [2.45, 2.75) is 153 Å². The van der Waals surface area contributed by atoms with Crippen molar-refractivity contribution in [3.63, 3.8) is 0 Å². The molecule has 0 aliphatic carbocycles. The van der Waals surface area contributed by atoms with Crippen molar-refractivity contribution in [2.24, 2.45) is 0 Å².